The van der Waals surface area contributed by atoms with Crippen LogP contribution in [0.5, 0.6) is 5.75 Å². The molecule has 1 aromatic rings. The Kier molecular flexibility index (Phi) is 3.04. The van der Waals surface area contributed by atoms with E-state index in [0.717, 1.165) is 31.6 Å². The summed E-state index contributed by atoms with van der Waals surface area (Å²) in [4.78, 5) is 2.39. The molecule has 0 aromatic heterocycles. The Labute approximate surface area is 109 Å². The number of nitrogens with zero attached hydrogens (tertiary/aromatic N) is 1. The SMILES string of the molecule is CN1CCCC2(CC1)C[C@H](N)c1ccccc1O2. The third kappa shape index (κ3) is 2.13. The summed E-state index contributed by atoms with van der Waals surface area (Å²) in [7, 11) is 2.19. The first-order chi connectivity index (χ1) is 8.69. The van der Waals surface area contributed by atoms with E-state index in [-0.39, 0.29) is 11.6 Å². The number of likely N-dealkylation sites (tertiary alicyclic amines) is 1. The molecule has 3 heteroatoms. The highest BCUT2D eigenvalue weighted by atomic mass is 16.5. The summed E-state index contributed by atoms with van der Waals surface area (Å²) in [6.07, 6.45) is 4.37. The van der Waals surface area contributed by atoms with E-state index in [4.69, 9.17) is 10.5 Å². The summed E-state index contributed by atoms with van der Waals surface area (Å²) in [5.74, 6) is 1.00. The van der Waals surface area contributed by atoms with Gasteiger partial charge in [-0.25, -0.2) is 0 Å². The van der Waals surface area contributed by atoms with Crippen LogP contribution in [0.25, 0.3) is 0 Å². The molecule has 0 radical (unpaired) electrons. The number of rotatable bonds is 0. The second-order valence-corrected chi connectivity index (χ2v) is 5.79. The van der Waals surface area contributed by atoms with Gasteiger partial charge in [0.1, 0.15) is 11.4 Å². The van der Waals surface area contributed by atoms with Gasteiger partial charge in [0, 0.05) is 24.6 Å². The van der Waals surface area contributed by atoms with E-state index in [1.807, 2.05) is 12.1 Å². The monoisotopic (exact) mass is 246 g/mol. The Morgan fingerprint density at radius 1 is 1.28 bits per heavy atom. The molecular weight excluding hydrogens is 224 g/mol. The smallest absolute Gasteiger partial charge is 0.124 e. The molecule has 0 aliphatic carbocycles. The van der Waals surface area contributed by atoms with Gasteiger partial charge < -0.3 is 15.4 Å². The fourth-order valence-electron chi connectivity index (χ4n) is 3.27. The topological polar surface area (TPSA) is 38.5 Å². The molecule has 2 aliphatic rings. The van der Waals surface area contributed by atoms with Crippen molar-refractivity contribution in [3.8, 4) is 5.75 Å². The maximum atomic E-state index is 6.35. The lowest BCUT2D eigenvalue weighted by Crippen LogP contribution is -2.43. The van der Waals surface area contributed by atoms with Gasteiger partial charge in [-0.15, -0.1) is 0 Å². The highest BCUT2D eigenvalue weighted by Gasteiger charge is 2.40. The molecule has 0 bridgehead atoms. The largest absolute Gasteiger partial charge is 0.487 e. The quantitative estimate of drug-likeness (QED) is 0.763. The number of hydrogen-bond acceptors (Lipinski definition) is 3. The number of hydrogen-bond donors (Lipinski definition) is 1. The van der Waals surface area contributed by atoms with Crippen LogP contribution in [0.4, 0.5) is 0 Å². The molecule has 1 fully saturated rings. The van der Waals surface area contributed by atoms with Crippen molar-refractivity contribution in [2.24, 2.45) is 5.73 Å². The van der Waals surface area contributed by atoms with E-state index in [1.165, 1.54) is 18.5 Å². The minimum Gasteiger partial charge on any atom is -0.487 e. The van der Waals surface area contributed by atoms with Crippen molar-refractivity contribution in [3.05, 3.63) is 29.8 Å². The molecule has 3 rings (SSSR count). The molecule has 1 unspecified atom stereocenters. The zero-order chi connectivity index (χ0) is 12.6. The molecule has 0 saturated carbocycles. The van der Waals surface area contributed by atoms with Crippen molar-refractivity contribution in [2.75, 3.05) is 20.1 Å². The molecule has 2 aliphatic heterocycles. The zero-order valence-corrected chi connectivity index (χ0v) is 11.1. The van der Waals surface area contributed by atoms with E-state index in [9.17, 15) is 0 Å². The van der Waals surface area contributed by atoms with Gasteiger partial charge in [-0.2, -0.15) is 0 Å². The second kappa shape index (κ2) is 4.56. The Morgan fingerprint density at radius 3 is 3.00 bits per heavy atom. The van der Waals surface area contributed by atoms with Crippen LogP contribution >= 0.6 is 0 Å². The first-order valence-electron chi connectivity index (χ1n) is 6.91. The lowest BCUT2D eigenvalue weighted by Gasteiger charge is -2.41. The van der Waals surface area contributed by atoms with E-state index in [1.54, 1.807) is 0 Å². The maximum absolute atomic E-state index is 6.35. The Bertz CT molecular complexity index is 434. The van der Waals surface area contributed by atoms with Crippen molar-refractivity contribution in [3.63, 3.8) is 0 Å². The van der Waals surface area contributed by atoms with Crippen LogP contribution in [-0.4, -0.2) is 30.6 Å². The highest BCUT2D eigenvalue weighted by molar-refractivity contribution is 5.38. The summed E-state index contributed by atoms with van der Waals surface area (Å²) >= 11 is 0. The summed E-state index contributed by atoms with van der Waals surface area (Å²) in [6, 6.07) is 8.35. The molecule has 2 N–H and O–H groups in total. The van der Waals surface area contributed by atoms with Crippen LogP contribution in [0.1, 0.15) is 37.3 Å². The van der Waals surface area contributed by atoms with Crippen molar-refractivity contribution < 1.29 is 4.74 Å². The maximum Gasteiger partial charge on any atom is 0.124 e. The number of ether oxygens (including phenoxy) is 1. The second-order valence-electron chi connectivity index (χ2n) is 5.79. The van der Waals surface area contributed by atoms with E-state index in [0.29, 0.717) is 0 Å². The van der Waals surface area contributed by atoms with E-state index >= 15 is 0 Å². The fourth-order valence-corrected chi connectivity index (χ4v) is 3.27. The summed E-state index contributed by atoms with van der Waals surface area (Å²) in [5.41, 5.74) is 7.48. The molecule has 2 atom stereocenters. The first-order valence-corrected chi connectivity index (χ1v) is 6.91. The average Bonchev–Trinajstić information content (AvgIpc) is 2.53. The Morgan fingerprint density at radius 2 is 2.11 bits per heavy atom. The third-order valence-corrected chi connectivity index (χ3v) is 4.36. The lowest BCUT2D eigenvalue weighted by molar-refractivity contribution is 0.0223. The number of benzene rings is 1. The van der Waals surface area contributed by atoms with Gasteiger partial charge in [0.15, 0.2) is 0 Å². The van der Waals surface area contributed by atoms with Crippen LogP contribution in [0.15, 0.2) is 24.3 Å². The predicted molar refractivity (Wildman–Crippen MR) is 72.7 cm³/mol. The average molecular weight is 246 g/mol. The highest BCUT2D eigenvalue weighted by Crippen LogP contribution is 2.42. The minimum atomic E-state index is -0.0292. The van der Waals surface area contributed by atoms with Gasteiger partial charge in [-0.05, 0) is 38.9 Å². The molecule has 3 nitrogen and oxygen atoms in total. The summed E-state index contributed by atoms with van der Waals surface area (Å²) < 4.78 is 6.35. The Hall–Kier alpha value is -1.06. The van der Waals surface area contributed by atoms with E-state index < -0.39 is 0 Å². The third-order valence-electron chi connectivity index (χ3n) is 4.36. The molecule has 2 heterocycles. The van der Waals surface area contributed by atoms with Crippen LogP contribution in [0.2, 0.25) is 0 Å². The molecular formula is C15H22N2O. The molecule has 1 aromatic carbocycles. The van der Waals surface area contributed by atoms with Crippen molar-refractivity contribution >= 4 is 0 Å². The standard InChI is InChI=1S/C15H22N2O/c1-17-9-4-7-15(8-10-17)11-13(16)12-5-2-3-6-14(12)18-15/h2-3,5-6,13H,4,7-11,16H2,1H3/t13-,15?/m0/s1. The zero-order valence-electron chi connectivity index (χ0n) is 11.1. The minimum absolute atomic E-state index is 0.0292. The van der Waals surface area contributed by atoms with E-state index in [2.05, 4.69) is 24.1 Å². The molecule has 1 saturated heterocycles. The lowest BCUT2D eigenvalue weighted by atomic mass is 9.82. The van der Waals surface area contributed by atoms with Crippen LogP contribution < -0.4 is 10.5 Å². The van der Waals surface area contributed by atoms with Crippen molar-refractivity contribution in [1.29, 1.82) is 0 Å². The van der Waals surface area contributed by atoms with Gasteiger partial charge in [0.2, 0.25) is 0 Å². The van der Waals surface area contributed by atoms with Gasteiger partial charge in [-0.3, -0.25) is 0 Å². The summed E-state index contributed by atoms with van der Waals surface area (Å²) in [5, 5.41) is 0. The van der Waals surface area contributed by atoms with Gasteiger partial charge in [0.25, 0.3) is 0 Å². The Balaban J connectivity index is 1.88. The number of nitrogens with two attached hydrogens (primary N) is 1. The van der Waals surface area contributed by atoms with Crippen LogP contribution in [0.3, 0.4) is 0 Å². The summed E-state index contributed by atoms with van der Waals surface area (Å²) in [6.45, 7) is 2.27. The van der Waals surface area contributed by atoms with Gasteiger partial charge >= 0.3 is 0 Å². The van der Waals surface area contributed by atoms with Crippen molar-refractivity contribution in [1.82, 2.24) is 4.90 Å². The predicted octanol–water partition coefficient (Wildman–Crippen LogP) is 2.32. The van der Waals surface area contributed by atoms with Crippen LogP contribution in [-0.2, 0) is 0 Å². The normalized spacial score (nSPS) is 32.7. The molecule has 1 spiro atoms. The van der Waals surface area contributed by atoms with Gasteiger partial charge in [0.05, 0.1) is 0 Å². The fraction of sp³-hybridized carbons (Fsp3) is 0.600. The van der Waals surface area contributed by atoms with Crippen molar-refractivity contribution in [2.45, 2.75) is 37.3 Å². The van der Waals surface area contributed by atoms with Gasteiger partial charge in [-0.1, -0.05) is 18.2 Å². The molecule has 18 heavy (non-hydrogen) atoms. The number of para-hydroxylation sites is 1. The number of fused-ring (bicyclic) bond motifs is 1. The first kappa shape index (κ1) is 12.0. The molecule has 0 amide bonds. The van der Waals surface area contributed by atoms with Crippen LogP contribution in [0, 0.1) is 0 Å². The molecule has 98 valence electrons.